The quantitative estimate of drug-likeness (QED) is 0.395. The zero-order chi connectivity index (χ0) is 25.1. The molecule has 0 unspecified atom stereocenters. The second kappa shape index (κ2) is 10.1. The van der Waals surface area contributed by atoms with Crippen LogP contribution in [-0.4, -0.2) is 47.5 Å². The summed E-state index contributed by atoms with van der Waals surface area (Å²) >= 11 is 0. The van der Waals surface area contributed by atoms with Crippen molar-refractivity contribution in [2.75, 3.05) is 26.0 Å². The van der Waals surface area contributed by atoms with Crippen LogP contribution in [0.4, 0.5) is 5.69 Å². The lowest BCUT2D eigenvalue weighted by molar-refractivity contribution is -0.130. The van der Waals surface area contributed by atoms with Crippen molar-refractivity contribution in [2.45, 2.75) is 19.8 Å². The summed E-state index contributed by atoms with van der Waals surface area (Å²) in [4.78, 5) is 18.7. The average Bonchev–Trinajstić information content (AvgIpc) is 3.30. The molecule has 36 heavy (non-hydrogen) atoms. The van der Waals surface area contributed by atoms with Gasteiger partial charge in [-0.2, -0.15) is 5.10 Å². The van der Waals surface area contributed by atoms with Crippen LogP contribution in [0, 0.1) is 0 Å². The number of aromatic amines is 1. The van der Waals surface area contributed by atoms with E-state index in [0.717, 1.165) is 52.1 Å². The van der Waals surface area contributed by atoms with Gasteiger partial charge >= 0.3 is 0 Å². The van der Waals surface area contributed by atoms with E-state index < -0.39 is 0 Å². The fourth-order valence-corrected chi connectivity index (χ4v) is 4.29. The molecule has 0 aliphatic carbocycles. The number of allylic oxidation sites excluding steroid dienone is 1. The molecule has 1 amide bonds. The van der Waals surface area contributed by atoms with Gasteiger partial charge in [-0.15, -0.1) is 0 Å². The number of anilines is 1. The molecule has 7 nitrogen and oxygen atoms in total. The number of hydrogen-bond donors (Lipinski definition) is 2. The van der Waals surface area contributed by atoms with Gasteiger partial charge < -0.3 is 15.0 Å². The molecule has 0 radical (unpaired) electrons. The van der Waals surface area contributed by atoms with Gasteiger partial charge in [0, 0.05) is 36.3 Å². The van der Waals surface area contributed by atoms with Crippen molar-refractivity contribution in [3.05, 3.63) is 95.2 Å². The van der Waals surface area contributed by atoms with Gasteiger partial charge in [-0.3, -0.25) is 9.89 Å². The maximum absolute atomic E-state index is 12.0. The second-order valence-corrected chi connectivity index (χ2v) is 9.00. The fraction of sp³-hybridized carbons (Fsp3) is 0.207. The number of amides is 1. The lowest BCUT2D eigenvalue weighted by Crippen LogP contribution is -2.27. The first-order valence-corrected chi connectivity index (χ1v) is 12.0. The molecular weight excluding hydrogens is 450 g/mol. The second-order valence-electron chi connectivity index (χ2n) is 9.00. The van der Waals surface area contributed by atoms with Gasteiger partial charge in [0.15, 0.2) is 6.61 Å². The van der Waals surface area contributed by atoms with E-state index in [4.69, 9.17) is 9.73 Å². The summed E-state index contributed by atoms with van der Waals surface area (Å²) in [5, 5.41) is 11.7. The molecule has 0 atom stereocenters. The number of aromatic nitrogens is 2. The van der Waals surface area contributed by atoms with Crippen LogP contribution in [0.3, 0.4) is 0 Å². The van der Waals surface area contributed by atoms with Crippen molar-refractivity contribution in [1.29, 1.82) is 0 Å². The summed E-state index contributed by atoms with van der Waals surface area (Å²) < 4.78 is 5.79. The molecule has 4 aromatic rings. The molecule has 7 heteroatoms. The number of carbonyl (C=O) groups is 1. The van der Waals surface area contributed by atoms with Gasteiger partial charge in [0.05, 0.1) is 17.4 Å². The van der Waals surface area contributed by atoms with Crippen LogP contribution in [0.15, 0.2) is 83.5 Å². The highest BCUT2D eigenvalue weighted by atomic mass is 16.5. The van der Waals surface area contributed by atoms with E-state index in [-0.39, 0.29) is 12.5 Å². The number of rotatable bonds is 6. The van der Waals surface area contributed by atoms with E-state index >= 15 is 0 Å². The summed E-state index contributed by atoms with van der Waals surface area (Å²) in [5.41, 5.74) is 7.35. The number of ether oxygens (including phenoxy) is 1. The molecule has 1 aromatic heterocycles. The van der Waals surface area contributed by atoms with Crippen LogP contribution >= 0.6 is 0 Å². The molecule has 0 bridgehead atoms. The minimum absolute atomic E-state index is 0.00581. The third kappa shape index (κ3) is 4.86. The van der Waals surface area contributed by atoms with Gasteiger partial charge in [0.25, 0.3) is 5.91 Å². The summed E-state index contributed by atoms with van der Waals surface area (Å²) in [7, 11) is 3.44. The predicted octanol–water partition coefficient (Wildman–Crippen LogP) is 5.27. The number of likely N-dealkylation sites (N-methyl/N-ethyl adjacent to an activating group) is 1. The molecule has 2 heterocycles. The number of amidine groups is 1. The van der Waals surface area contributed by atoms with Crippen LogP contribution in [-0.2, 0) is 11.2 Å². The first-order valence-electron chi connectivity index (χ1n) is 12.0. The maximum Gasteiger partial charge on any atom is 0.259 e. The summed E-state index contributed by atoms with van der Waals surface area (Å²) in [5.74, 6) is 1.35. The minimum atomic E-state index is -0.0853. The van der Waals surface area contributed by atoms with Crippen molar-refractivity contribution < 1.29 is 9.53 Å². The largest absolute Gasteiger partial charge is 0.484 e. The highest BCUT2D eigenvalue weighted by molar-refractivity contribution is 6.12. The van der Waals surface area contributed by atoms with E-state index in [1.165, 1.54) is 16.0 Å². The molecule has 0 fully saturated rings. The molecule has 1 aliphatic heterocycles. The van der Waals surface area contributed by atoms with Gasteiger partial charge in [0.1, 0.15) is 11.6 Å². The van der Waals surface area contributed by atoms with Crippen molar-refractivity contribution in [3.8, 4) is 5.75 Å². The highest BCUT2D eigenvalue weighted by Crippen LogP contribution is 2.32. The van der Waals surface area contributed by atoms with Crippen molar-refractivity contribution >= 4 is 34.0 Å². The van der Waals surface area contributed by atoms with Crippen LogP contribution in [0.5, 0.6) is 5.75 Å². The van der Waals surface area contributed by atoms with Crippen molar-refractivity contribution in [1.82, 2.24) is 15.1 Å². The standard InChI is InChI=1S/C29H29N5O2/c1-4-19-14-20-8-5-6-11-25(20)29(31-23-12-13-26-22(15-23)17-30-33-26)32-28(19)21-9-7-10-24(16-21)36-18-27(35)34(2)3/h5-13,15-17H,4,14,18H2,1-3H3,(H,30,33)(H,31,32). The number of hydrogen-bond acceptors (Lipinski definition) is 5. The number of nitrogens with zero attached hydrogens (tertiary/aromatic N) is 3. The predicted molar refractivity (Wildman–Crippen MR) is 144 cm³/mol. The van der Waals surface area contributed by atoms with E-state index in [9.17, 15) is 4.79 Å². The Balaban J connectivity index is 1.55. The highest BCUT2D eigenvalue weighted by Gasteiger charge is 2.20. The Morgan fingerprint density at radius 2 is 1.94 bits per heavy atom. The summed E-state index contributed by atoms with van der Waals surface area (Å²) in [6.07, 6.45) is 3.49. The lowest BCUT2D eigenvalue weighted by Gasteiger charge is -2.14. The van der Waals surface area contributed by atoms with Crippen molar-refractivity contribution in [2.24, 2.45) is 4.99 Å². The third-order valence-electron chi connectivity index (χ3n) is 6.33. The van der Waals surface area contributed by atoms with Gasteiger partial charge in [-0.05, 0) is 54.3 Å². The monoisotopic (exact) mass is 479 g/mol. The van der Waals surface area contributed by atoms with E-state index in [2.05, 4.69) is 46.7 Å². The molecule has 5 rings (SSSR count). The SMILES string of the molecule is CCC1=C(c2cccc(OCC(=O)N(C)C)c2)N=C(Nc2ccc3[nH]ncc3c2)c2ccccc2C1. The first kappa shape index (κ1) is 23.4. The normalized spacial score (nSPS) is 13.1. The van der Waals surface area contributed by atoms with Crippen LogP contribution < -0.4 is 10.1 Å². The zero-order valence-electron chi connectivity index (χ0n) is 20.7. The van der Waals surface area contributed by atoms with Crippen LogP contribution in [0.1, 0.15) is 30.0 Å². The molecule has 0 spiro atoms. The minimum Gasteiger partial charge on any atom is -0.484 e. The van der Waals surface area contributed by atoms with E-state index in [1.807, 2.05) is 48.7 Å². The number of nitrogens with one attached hydrogen (secondary N) is 2. The van der Waals surface area contributed by atoms with Crippen molar-refractivity contribution in [3.63, 3.8) is 0 Å². The Morgan fingerprint density at radius 1 is 1.08 bits per heavy atom. The average molecular weight is 480 g/mol. The van der Waals surface area contributed by atoms with Crippen LogP contribution in [0.2, 0.25) is 0 Å². The Bertz CT molecular complexity index is 1480. The molecule has 182 valence electrons. The van der Waals surface area contributed by atoms with E-state index in [0.29, 0.717) is 5.75 Å². The van der Waals surface area contributed by atoms with E-state index in [1.54, 1.807) is 14.1 Å². The molecule has 3 aromatic carbocycles. The molecule has 1 aliphatic rings. The summed E-state index contributed by atoms with van der Waals surface area (Å²) in [6, 6.07) is 22.3. The molecule has 0 saturated heterocycles. The maximum atomic E-state index is 12.0. The van der Waals surface area contributed by atoms with Gasteiger partial charge in [-0.25, -0.2) is 4.99 Å². The van der Waals surface area contributed by atoms with Crippen LogP contribution in [0.25, 0.3) is 16.6 Å². The third-order valence-corrected chi connectivity index (χ3v) is 6.33. The fourth-order valence-electron chi connectivity index (χ4n) is 4.29. The molecular formula is C29H29N5O2. The topological polar surface area (TPSA) is 82.6 Å². The Labute approximate surface area is 210 Å². The zero-order valence-corrected chi connectivity index (χ0v) is 20.7. The Hall–Kier alpha value is -4.39. The molecule has 0 saturated carbocycles. The first-order chi connectivity index (χ1) is 17.5. The number of aliphatic imine (C=N–C) groups is 1. The lowest BCUT2D eigenvalue weighted by atomic mass is 9.96. The number of fused-ring (bicyclic) bond motifs is 2. The van der Waals surface area contributed by atoms with Gasteiger partial charge in [0.2, 0.25) is 0 Å². The Morgan fingerprint density at radius 3 is 2.78 bits per heavy atom. The van der Waals surface area contributed by atoms with Gasteiger partial charge in [-0.1, -0.05) is 43.3 Å². The Kier molecular flexibility index (Phi) is 6.54. The molecule has 2 N–H and O–H groups in total. The number of carbonyl (C=O) groups excluding carboxylic acids is 1. The number of H-pyrrole nitrogens is 1. The summed E-state index contributed by atoms with van der Waals surface area (Å²) in [6.45, 7) is 2.16. The number of benzene rings is 3. The smallest absolute Gasteiger partial charge is 0.259 e.